The van der Waals surface area contributed by atoms with Crippen LogP contribution in [0.15, 0.2) is 30.1 Å². The van der Waals surface area contributed by atoms with Gasteiger partial charge in [0.1, 0.15) is 0 Å². The van der Waals surface area contributed by atoms with Crippen molar-refractivity contribution in [3.8, 4) is 0 Å². The van der Waals surface area contributed by atoms with E-state index in [-0.39, 0.29) is 0 Å². The monoisotopic (exact) mass is 176 g/mol. The maximum absolute atomic E-state index is 5.64. The number of rotatable bonds is 3. The Morgan fingerprint density at radius 2 is 2.08 bits per heavy atom. The highest BCUT2D eigenvalue weighted by Gasteiger charge is 1.99. The highest BCUT2D eigenvalue weighted by Crippen LogP contribution is 2.12. The predicted molar refractivity (Wildman–Crippen MR) is 56.1 cm³/mol. The van der Waals surface area contributed by atoms with Crippen LogP contribution >= 0.6 is 0 Å². The van der Waals surface area contributed by atoms with Crippen LogP contribution < -0.4 is 5.73 Å². The summed E-state index contributed by atoms with van der Waals surface area (Å²) in [5, 5.41) is 0. The number of pyridine rings is 1. The second-order valence-corrected chi connectivity index (χ2v) is 3.36. The third-order valence-corrected chi connectivity index (χ3v) is 2.04. The molecule has 2 heteroatoms. The van der Waals surface area contributed by atoms with Gasteiger partial charge < -0.3 is 5.73 Å². The minimum Gasteiger partial charge on any atom is -0.327 e. The first-order valence-electron chi connectivity index (χ1n) is 4.54. The van der Waals surface area contributed by atoms with Crippen LogP contribution in [0.5, 0.6) is 0 Å². The minimum atomic E-state index is 0.512. The molecule has 70 valence electrons. The van der Waals surface area contributed by atoms with E-state index in [0.29, 0.717) is 12.5 Å². The van der Waals surface area contributed by atoms with Crippen LogP contribution in [-0.4, -0.2) is 11.5 Å². The van der Waals surface area contributed by atoms with Crippen molar-refractivity contribution in [1.29, 1.82) is 0 Å². The van der Waals surface area contributed by atoms with Gasteiger partial charge in [-0.2, -0.15) is 0 Å². The number of hydrogen-bond acceptors (Lipinski definition) is 2. The molecule has 0 aliphatic carbocycles. The molecule has 2 N–H and O–H groups in total. The molecule has 0 aromatic carbocycles. The molecule has 0 saturated heterocycles. The van der Waals surface area contributed by atoms with Crippen molar-refractivity contribution >= 4 is 6.08 Å². The first-order chi connectivity index (χ1) is 6.24. The third-order valence-electron chi connectivity index (χ3n) is 2.04. The van der Waals surface area contributed by atoms with Crippen LogP contribution in [0.4, 0.5) is 0 Å². The van der Waals surface area contributed by atoms with Crippen LogP contribution in [0.2, 0.25) is 0 Å². The Morgan fingerprint density at radius 3 is 2.54 bits per heavy atom. The number of hydrogen-bond donors (Lipinski definition) is 1. The summed E-state index contributed by atoms with van der Waals surface area (Å²) < 4.78 is 0. The molecule has 1 heterocycles. The maximum atomic E-state index is 5.64. The third kappa shape index (κ3) is 2.99. The Labute approximate surface area is 79.5 Å². The van der Waals surface area contributed by atoms with E-state index < -0.39 is 0 Å². The van der Waals surface area contributed by atoms with Crippen molar-refractivity contribution < 1.29 is 0 Å². The lowest BCUT2D eigenvalue weighted by atomic mass is 10.0. The molecular formula is C11H16N2. The normalized spacial score (nSPS) is 12.2. The summed E-state index contributed by atoms with van der Waals surface area (Å²) in [5.41, 5.74) is 8.08. The SMILES string of the molecule is CC(C)/C(=C/c1ccncc1)CN. The van der Waals surface area contributed by atoms with Gasteiger partial charge in [-0.05, 0) is 23.6 Å². The largest absolute Gasteiger partial charge is 0.327 e. The fourth-order valence-corrected chi connectivity index (χ4v) is 1.14. The van der Waals surface area contributed by atoms with Crippen LogP contribution in [0.1, 0.15) is 19.4 Å². The molecule has 1 aromatic heterocycles. The summed E-state index contributed by atoms with van der Waals surface area (Å²) in [7, 11) is 0. The van der Waals surface area contributed by atoms with Gasteiger partial charge in [0, 0.05) is 18.9 Å². The molecule has 2 nitrogen and oxygen atoms in total. The average Bonchev–Trinajstić information content (AvgIpc) is 2.15. The van der Waals surface area contributed by atoms with Gasteiger partial charge in [0.15, 0.2) is 0 Å². The van der Waals surface area contributed by atoms with Crippen molar-refractivity contribution in [1.82, 2.24) is 4.98 Å². The second kappa shape index (κ2) is 4.77. The van der Waals surface area contributed by atoms with E-state index in [4.69, 9.17) is 5.73 Å². The van der Waals surface area contributed by atoms with Gasteiger partial charge in [-0.25, -0.2) is 0 Å². The van der Waals surface area contributed by atoms with Gasteiger partial charge in [0.25, 0.3) is 0 Å². The fourth-order valence-electron chi connectivity index (χ4n) is 1.14. The number of nitrogens with two attached hydrogens (primary N) is 1. The average molecular weight is 176 g/mol. The lowest BCUT2D eigenvalue weighted by Gasteiger charge is -2.08. The first kappa shape index (κ1) is 9.93. The Balaban J connectivity index is 2.85. The smallest absolute Gasteiger partial charge is 0.0273 e. The van der Waals surface area contributed by atoms with Crippen molar-refractivity contribution in [3.05, 3.63) is 35.7 Å². The highest BCUT2D eigenvalue weighted by atomic mass is 14.6. The van der Waals surface area contributed by atoms with Crippen molar-refractivity contribution in [2.75, 3.05) is 6.54 Å². The van der Waals surface area contributed by atoms with Gasteiger partial charge in [0.2, 0.25) is 0 Å². The zero-order chi connectivity index (χ0) is 9.68. The van der Waals surface area contributed by atoms with Crippen molar-refractivity contribution in [3.63, 3.8) is 0 Å². The molecule has 0 amide bonds. The van der Waals surface area contributed by atoms with E-state index in [1.165, 1.54) is 11.1 Å². The van der Waals surface area contributed by atoms with Crippen LogP contribution in [0.3, 0.4) is 0 Å². The topological polar surface area (TPSA) is 38.9 Å². The standard InChI is InChI=1S/C11H16N2/c1-9(2)11(8-12)7-10-3-5-13-6-4-10/h3-7,9H,8,12H2,1-2H3/b11-7+. The van der Waals surface area contributed by atoms with Crippen LogP contribution in [-0.2, 0) is 0 Å². The minimum absolute atomic E-state index is 0.512. The van der Waals surface area contributed by atoms with Crippen LogP contribution in [0.25, 0.3) is 6.08 Å². The molecule has 1 aromatic rings. The molecule has 0 aliphatic rings. The van der Waals surface area contributed by atoms with E-state index in [2.05, 4.69) is 24.9 Å². The highest BCUT2D eigenvalue weighted by molar-refractivity contribution is 5.52. The summed E-state index contributed by atoms with van der Waals surface area (Å²) in [6.45, 7) is 4.93. The number of aromatic nitrogens is 1. The van der Waals surface area contributed by atoms with Crippen molar-refractivity contribution in [2.45, 2.75) is 13.8 Å². The van der Waals surface area contributed by atoms with Gasteiger partial charge in [-0.1, -0.05) is 25.5 Å². The molecule has 13 heavy (non-hydrogen) atoms. The Morgan fingerprint density at radius 1 is 1.46 bits per heavy atom. The first-order valence-corrected chi connectivity index (χ1v) is 4.54. The lowest BCUT2D eigenvalue weighted by Crippen LogP contribution is -2.08. The molecule has 0 unspecified atom stereocenters. The second-order valence-electron chi connectivity index (χ2n) is 3.36. The predicted octanol–water partition coefficient (Wildman–Crippen LogP) is 2.08. The summed E-state index contributed by atoms with van der Waals surface area (Å²) >= 11 is 0. The van der Waals surface area contributed by atoms with Gasteiger partial charge >= 0.3 is 0 Å². The Hall–Kier alpha value is -1.15. The van der Waals surface area contributed by atoms with Gasteiger partial charge in [-0.3, -0.25) is 4.98 Å². The molecule has 1 rings (SSSR count). The molecule has 0 saturated carbocycles. The Kier molecular flexibility index (Phi) is 3.65. The summed E-state index contributed by atoms with van der Waals surface area (Å²) in [6, 6.07) is 3.97. The van der Waals surface area contributed by atoms with Gasteiger partial charge in [-0.15, -0.1) is 0 Å². The van der Waals surface area contributed by atoms with Crippen molar-refractivity contribution in [2.24, 2.45) is 11.7 Å². The number of nitrogens with zero attached hydrogens (tertiary/aromatic N) is 1. The van der Waals surface area contributed by atoms with E-state index in [0.717, 1.165) is 0 Å². The Bertz CT molecular complexity index is 275. The van der Waals surface area contributed by atoms with E-state index >= 15 is 0 Å². The zero-order valence-corrected chi connectivity index (χ0v) is 8.20. The molecular weight excluding hydrogens is 160 g/mol. The van der Waals surface area contributed by atoms with Crippen LogP contribution in [0, 0.1) is 5.92 Å². The van der Waals surface area contributed by atoms with E-state index in [9.17, 15) is 0 Å². The molecule has 0 aliphatic heterocycles. The van der Waals surface area contributed by atoms with E-state index in [1.54, 1.807) is 12.4 Å². The molecule has 0 radical (unpaired) electrons. The van der Waals surface area contributed by atoms with E-state index in [1.807, 2.05) is 12.1 Å². The summed E-state index contributed by atoms with van der Waals surface area (Å²) in [6.07, 6.45) is 5.72. The fraction of sp³-hybridized carbons (Fsp3) is 0.364. The zero-order valence-electron chi connectivity index (χ0n) is 8.20. The quantitative estimate of drug-likeness (QED) is 0.765. The summed E-state index contributed by atoms with van der Waals surface area (Å²) in [4.78, 5) is 3.96. The molecule has 0 bridgehead atoms. The maximum Gasteiger partial charge on any atom is 0.0273 e. The van der Waals surface area contributed by atoms with Gasteiger partial charge in [0.05, 0.1) is 0 Å². The molecule has 0 atom stereocenters. The molecule has 0 spiro atoms. The molecule has 0 fully saturated rings. The summed E-state index contributed by atoms with van der Waals surface area (Å²) in [5.74, 6) is 0.512. The lowest BCUT2D eigenvalue weighted by molar-refractivity contribution is 0.752.